The number of anilines is 1. The molecular weight excluding hydrogens is 328 g/mol. The van der Waals surface area contributed by atoms with Crippen molar-refractivity contribution in [1.29, 1.82) is 0 Å². The summed E-state index contributed by atoms with van der Waals surface area (Å²) in [5.41, 5.74) is 2.23. The van der Waals surface area contributed by atoms with Crippen LogP contribution in [0.15, 0.2) is 47.2 Å². The summed E-state index contributed by atoms with van der Waals surface area (Å²) in [6.07, 6.45) is 5.38. The lowest BCUT2D eigenvalue weighted by Crippen LogP contribution is -2.00. The van der Waals surface area contributed by atoms with E-state index in [2.05, 4.69) is 45.3 Å². The van der Waals surface area contributed by atoms with Crippen LogP contribution in [0.4, 0.5) is 5.69 Å². The molecule has 2 aromatic rings. The molecule has 0 aliphatic heterocycles. The topological polar surface area (TPSA) is 34.1 Å². The van der Waals surface area contributed by atoms with E-state index in [4.69, 9.17) is 4.74 Å². The summed E-state index contributed by atoms with van der Waals surface area (Å²) in [5, 5.41) is 3.34. The van der Waals surface area contributed by atoms with Crippen molar-refractivity contribution in [3.8, 4) is 5.75 Å². The highest BCUT2D eigenvalue weighted by molar-refractivity contribution is 9.10. The minimum absolute atomic E-state index is 0.777. The minimum Gasteiger partial charge on any atom is -0.494 e. The quantitative estimate of drug-likeness (QED) is 0.536. The van der Waals surface area contributed by atoms with Gasteiger partial charge in [-0.05, 0) is 52.2 Å². The fourth-order valence-corrected chi connectivity index (χ4v) is 2.16. The molecule has 0 aliphatic rings. The highest BCUT2D eigenvalue weighted by atomic mass is 79.9. The highest BCUT2D eigenvalue weighted by Crippen LogP contribution is 2.15. The van der Waals surface area contributed by atoms with Crippen LogP contribution in [0.3, 0.4) is 0 Å². The third-order valence-electron chi connectivity index (χ3n) is 3.16. The molecular formula is C17H21BrN2O. The third kappa shape index (κ3) is 5.76. The van der Waals surface area contributed by atoms with Crippen LogP contribution in [0.1, 0.15) is 31.7 Å². The normalized spacial score (nSPS) is 10.4. The summed E-state index contributed by atoms with van der Waals surface area (Å²) in [5.74, 6) is 0.945. The first kappa shape index (κ1) is 15.8. The molecule has 0 saturated carbocycles. The van der Waals surface area contributed by atoms with Crippen LogP contribution in [0.5, 0.6) is 5.75 Å². The Balaban J connectivity index is 1.78. The Bertz CT molecular complexity index is 525. The van der Waals surface area contributed by atoms with Crippen LogP contribution in [0.2, 0.25) is 0 Å². The van der Waals surface area contributed by atoms with Crippen molar-refractivity contribution in [2.24, 2.45) is 0 Å². The predicted octanol–water partition coefficient (Wildman–Crippen LogP) is 5.03. The number of benzene rings is 1. The average Bonchev–Trinajstić information content (AvgIpc) is 2.52. The van der Waals surface area contributed by atoms with Crippen molar-refractivity contribution in [1.82, 2.24) is 4.98 Å². The summed E-state index contributed by atoms with van der Waals surface area (Å²) in [6, 6.07) is 12.2. The van der Waals surface area contributed by atoms with Crippen LogP contribution < -0.4 is 10.1 Å². The minimum atomic E-state index is 0.777. The van der Waals surface area contributed by atoms with E-state index in [0.29, 0.717) is 0 Å². The van der Waals surface area contributed by atoms with Gasteiger partial charge in [0.2, 0.25) is 0 Å². The Morgan fingerprint density at radius 2 is 1.90 bits per heavy atom. The molecule has 0 amide bonds. The van der Waals surface area contributed by atoms with Gasteiger partial charge in [-0.3, -0.25) is 0 Å². The largest absolute Gasteiger partial charge is 0.494 e. The number of unbranched alkanes of at least 4 members (excludes halogenated alkanes) is 2. The zero-order valence-corrected chi connectivity index (χ0v) is 13.9. The average molecular weight is 349 g/mol. The van der Waals surface area contributed by atoms with E-state index < -0.39 is 0 Å². The van der Waals surface area contributed by atoms with Crippen LogP contribution >= 0.6 is 15.9 Å². The molecule has 0 radical (unpaired) electrons. The van der Waals surface area contributed by atoms with E-state index in [1.807, 2.05) is 30.5 Å². The number of aromatic nitrogens is 1. The third-order valence-corrected chi connectivity index (χ3v) is 3.63. The lowest BCUT2D eigenvalue weighted by atomic mass is 10.2. The second-order valence-electron chi connectivity index (χ2n) is 4.92. The molecule has 0 fully saturated rings. The number of hydrogen-bond acceptors (Lipinski definition) is 3. The van der Waals surface area contributed by atoms with E-state index in [1.165, 1.54) is 18.4 Å². The molecule has 0 saturated heterocycles. The summed E-state index contributed by atoms with van der Waals surface area (Å²) in [7, 11) is 0. The summed E-state index contributed by atoms with van der Waals surface area (Å²) >= 11 is 3.33. The molecule has 0 unspecified atom stereocenters. The maximum absolute atomic E-state index is 5.70. The molecule has 1 heterocycles. The van der Waals surface area contributed by atoms with Gasteiger partial charge in [0.05, 0.1) is 18.5 Å². The zero-order valence-electron chi connectivity index (χ0n) is 12.3. The van der Waals surface area contributed by atoms with E-state index in [9.17, 15) is 0 Å². The Morgan fingerprint density at radius 1 is 1.10 bits per heavy atom. The van der Waals surface area contributed by atoms with Crippen molar-refractivity contribution >= 4 is 21.6 Å². The van der Waals surface area contributed by atoms with Gasteiger partial charge in [-0.2, -0.15) is 0 Å². The van der Waals surface area contributed by atoms with Gasteiger partial charge >= 0.3 is 0 Å². The van der Waals surface area contributed by atoms with E-state index in [0.717, 1.165) is 35.6 Å². The fourth-order valence-electron chi connectivity index (χ4n) is 1.93. The molecule has 0 spiro atoms. The van der Waals surface area contributed by atoms with Crippen molar-refractivity contribution in [2.75, 3.05) is 11.9 Å². The zero-order chi connectivity index (χ0) is 14.9. The Hall–Kier alpha value is -1.55. The summed E-state index contributed by atoms with van der Waals surface area (Å²) in [6.45, 7) is 3.78. The first-order valence-corrected chi connectivity index (χ1v) is 8.14. The number of nitrogens with one attached hydrogen (secondary N) is 1. The van der Waals surface area contributed by atoms with Gasteiger partial charge in [-0.25, -0.2) is 4.98 Å². The molecule has 4 heteroatoms. The first-order chi connectivity index (χ1) is 10.3. The number of pyridine rings is 1. The second-order valence-corrected chi connectivity index (χ2v) is 5.74. The predicted molar refractivity (Wildman–Crippen MR) is 90.7 cm³/mol. The van der Waals surface area contributed by atoms with Crippen molar-refractivity contribution in [2.45, 2.75) is 32.7 Å². The van der Waals surface area contributed by atoms with E-state index in [1.54, 1.807) is 0 Å². The van der Waals surface area contributed by atoms with Gasteiger partial charge in [0.15, 0.2) is 0 Å². The Labute approximate surface area is 134 Å². The van der Waals surface area contributed by atoms with Gasteiger partial charge in [0.1, 0.15) is 10.4 Å². The van der Waals surface area contributed by atoms with E-state index >= 15 is 0 Å². The smallest absolute Gasteiger partial charge is 0.119 e. The lowest BCUT2D eigenvalue weighted by molar-refractivity contribution is 0.306. The van der Waals surface area contributed by atoms with Crippen molar-refractivity contribution in [3.05, 3.63) is 52.8 Å². The Morgan fingerprint density at radius 3 is 2.57 bits per heavy atom. The van der Waals surface area contributed by atoms with Gasteiger partial charge in [-0.1, -0.05) is 31.9 Å². The lowest BCUT2D eigenvalue weighted by Gasteiger charge is -2.08. The molecule has 0 bridgehead atoms. The molecule has 0 aliphatic carbocycles. The molecule has 2 rings (SSSR count). The van der Waals surface area contributed by atoms with Gasteiger partial charge in [0.25, 0.3) is 0 Å². The van der Waals surface area contributed by atoms with Crippen molar-refractivity contribution < 1.29 is 4.74 Å². The molecule has 112 valence electrons. The van der Waals surface area contributed by atoms with Gasteiger partial charge in [0, 0.05) is 6.54 Å². The summed E-state index contributed by atoms with van der Waals surface area (Å²) < 4.78 is 6.55. The molecule has 1 aromatic heterocycles. The van der Waals surface area contributed by atoms with Crippen LogP contribution in [0, 0.1) is 0 Å². The molecule has 3 nitrogen and oxygen atoms in total. The highest BCUT2D eigenvalue weighted by Gasteiger charge is 1.97. The van der Waals surface area contributed by atoms with Gasteiger partial charge in [-0.15, -0.1) is 0 Å². The van der Waals surface area contributed by atoms with Crippen molar-refractivity contribution in [3.63, 3.8) is 0 Å². The van der Waals surface area contributed by atoms with E-state index in [-0.39, 0.29) is 0 Å². The molecule has 0 atom stereocenters. The second kappa shape index (κ2) is 8.67. The number of rotatable bonds is 8. The Kier molecular flexibility index (Phi) is 6.54. The van der Waals surface area contributed by atoms with Crippen LogP contribution in [-0.2, 0) is 6.54 Å². The standard InChI is InChI=1S/C17H21BrN2O/c1-2-3-4-11-21-16-8-5-14(6-9-16)12-19-15-7-10-17(18)20-13-15/h5-10,13,19H,2-4,11-12H2,1H3. The van der Waals surface area contributed by atoms with Crippen LogP contribution in [0.25, 0.3) is 0 Å². The molecule has 21 heavy (non-hydrogen) atoms. The number of hydrogen-bond donors (Lipinski definition) is 1. The monoisotopic (exact) mass is 348 g/mol. The van der Waals surface area contributed by atoms with Gasteiger partial charge < -0.3 is 10.1 Å². The first-order valence-electron chi connectivity index (χ1n) is 7.35. The maximum Gasteiger partial charge on any atom is 0.119 e. The number of nitrogens with zero attached hydrogens (tertiary/aromatic N) is 1. The maximum atomic E-state index is 5.70. The fraction of sp³-hybridized carbons (Fsp3) is 0.353. The number of ether oxygens (including phenoxy) is 1. The number of halogens is 1. The SMILES string of the molecule is CCCCCOc1ccc(CNc2ccc(Br)nc2)cc1. The van der Waals surface area contributed by atoms with Crippen LogP contribution in [-0.4, -0.2) is 11.6 Å². The summed E-state index contributed by atoms with van der Waals surface area (Å²) in [4.78, 5) is 4.19. The molecule has 1 aromatic carbocycles. The molecule has 1 N–H and O–H groups in total.